The van der Waals surface area contributed by atoms with Gasteiger partial charge in [-0.2, -0.15) is 0 Å². The summed E-state index contributed by atoms with van der Waals surface area (Å²) in [6.07, 6.45) is 1.92. The molecule has 2 heteroatoms. The van der Waals surface area contributed by atoms with Gasteiger partial charge in [0.15, 0.2) is 6.61 Å². The fraction of sp³-hybridized carbons (Fsp3) is 0.600. The number of hydrogen-bond acceptors (Lipinski definition) is 2. The summed E-state index contributed by atoms with van der Waals surface area (Å²) in [5.74, 6) is 0. The van der Waals surface area contributed by atoms with Crippen molar-refractivity contribution < 1.29 is 4.84 Å². The molecule has 0 fully saturated rings. The van der Waals surface area contributed by atoms with Crippen LogP contribution in [0.25, 0.3) is 0 Å². The van der Waals surface area contributed by atoms with Crippen LogP contribution < -0.4 is 0 Å². The van der Waals surface area contributed by atoms with Crippen LogP contribution in [-0.2, 0) is 4.84 Å². The molecule has 0 aromatic heterocycles. The van der Waals surface area contributed by atoms with Crippen molar-refractivity contribution in [2.45, 2.75) is 19.8 Å². The second kappa shape index (κ2) is 1.96. The Morgan fingerprint density at radius 3 is 3.14 bits per heavy atom. The van der Waals surface area contributed by atoms with Crippen LogP contribution in [0, 0.1) is 6.61 Å². The molecule has 0 amide bonds. The predicted octanol–water partition coefficient (Wildman–Crippen LogP) is 1.33. The molecule has 2 nitrogen and oxygen atoms in total. The lowest BCUT2D eigenvalue weighted by atomic mass is 10.2. The van der Waals surface area contributed by atoms with Gasteiger partial charge in [-0.25, -0.2) is 0 Å². The largest absolute Gasteiger partial charge is 0.388 e. The molecular formula is C5H8NO. The smallest absolute Gasteiger partial charge is 0.172 e. The molecular weight excluding hydrogens is 90.1 g/mol. The highest BCUT2D eigenvalue weighted by atomic mass is 16.6. The van der Waals surface area contributed by atoms with Crippen molar-refractivity contribution in [3.63, 3.8) is 0 Å². The van der Waals surface area contributed by atoms with Crippen molar-refractivity contribution >= 4 is 5.71 Å². The van der Waals surface area contributed by atoms with E-state index >= 15 is 0 Å². The van der Waals surface area contributed by atoms with E-state index in [0.29, 0.717) is 0 Å². The first kappa shape index (κ1) is 4.62. The molecule has 0 atom stereocenters. The summed E-state index contributed by atoms with van der Waals surface area (Å²) in [5, 5.41) is 3.72. The summed E-state index contributed by atoms with van der Waals surface area (Å²) < 4.78 is 0. The summed E-state index contributed by atoms with van der Waals surface area (Å²) in [7, 11) is 0. The Kier molecular flexibility index (Phi) is 1.29. The van der Waals surface area contributed by atoms with Crippen LogP contribution in [0.2, 0.25) is 0 Å². The van der Waals surface area contributed by atoms with Crippen LogP contribution in [0.15, 0.2) is 5.16 Å². The lowest BCUT2D eigenvalue weighted by Crippen LogP contribution is -1.86. The van der Waals surface area contributed by atoms with Crippen LogP contribution in [-0.4, -0.2) is 5.71 Å². The van der Waals surface area contributed by atoms with Crippen molar-refractivity contribution in [1.29, 1.82) is 0 Å². The van der Waals surface area contributed by atoms with E-state index in [2.05, 4.69) is 16.9 Å². The number of nitrogens with zero attached hydrogens (tertiary/aromatic N) is 1. The van der Waals surface area contributed by atoms with Gasteiger partial charge in [0, 0.05) is 6.42 Å². The molecule has 0 saturated carbocycles. The Morgan fingerprint density at radius 1 is 2.00 bits per heavy atom. The van der Waals surface area contributed by atoms with E-state index in [1.807, 2.05) is 0 Å². The second-order valence-corrected chi connectivity index (χ2v) is 1.49. The van der Waals surface area contributed by atoms with Gasteiger partial charge in [0.2, 0.25) is 0 Å². The van der Waals surface area contributed by atoms with E-state index in [1.165, 1.54) is 0 Å². The van der Waals surface area contributed by atoms with E-state index in [9.17, 15) is 0 Å². The number of rotatable bonds is 1. The molecule has 0 aromatic rings. The van der Waals surface area contributed by atoms with Gasteiger partial charge in [-0.05, 0) is 6.42 Å². The van der Waals surface area contributed by atoms with E-state index in [1.54, 1.807) is 6.61 Å². The van der Waals surface area contributed by atoms with Crippen molar-refractivity contribution in [3.8, 4) is 0 Å². The van der Waals surface area contributed by atoms with E-state index in [-0.39, 0.29) is 0 Å². The maximum Gasteiger partial charge on any atom is 0.172 e. The van der Waals surface area contributed by atoms with Crippen molar-refractivity contribution in [1.82, 2.24) is 0 Å². The summed E-state index contributed by atoms with van der Waals surface area (Å²) in [6.45, 7) is 3.78. The first-order chi connectivity index (χ1) is 3.43. The van der Waals surface area contributed by atoms with Gasteiger partial charge in [0.25, 0.3) is 0 Å². The molecule has 0 aromatic carbocycles. The van der Waals surface area contributed by atoms with Crippen LogP contribution in [0.4, 0.5) is 0 Å². The third-order valence-electron chi connectivity index (χ3n) is 0.983. The average molecular weight is 98.1 g/mol. The molecule has 7 heavy (non-hydrogen) atoms. The monoisotopic (exact) mass is 98.1 g/mol. The fourth-order valence-electron chi connectivity index (χ4n) is 0.491. The predicted molar refractivity (Wildman–Crippen MR) is 27.7 cm³/mol. The fourth-order valence-corrected chi connectivity index (χ4v) is 0.491. The Labute approximate surface area is 43.2 Å². The van der Waals surface area contributed by atoms with Crippen LogP contribution in [0.5, 0.6) is 0 Å². The quantitative estimate of drug-likeness (QED) is 0.485. The van der Waals surface area contributed by atoms with Gasteiger partial charge in [0.1, 0.15) is 0 Å². The highest BCUT2D eigenvalue weighted by Gasteiger charge is 2.03. The molecule has 0 N–H and O–H groups in total. The van der Waals surface area contributed by atoms with Gasteiger partial charge in [-0.15, -0.1) is 0 Å². The normalized spacial score (nSPS) is 18.7. The van der Waals surface area contributed by atoms with Crippen molar-refractivity contribution in [2.24, 2.45) is 5.16 Å². The molecule has 0 bridgehead atoms. The summed E-state index contributed by atoms with van der Waals surface area (Å²) in [4.78, 5) is 4.61. The zero-order valence-corrected chi connectivity index (χ0v) is 4.35. The molecule has 1 radical (unpaired) electrons. The van der Waals surface area contributed by atoms with E-state index < -0.39 is 0 Å². The topological polar surface area (TPSA) is 21.6 Å². The zero-order valence-electron chi connectivity index (χ0n) is 4.35. The maximum atomic E-state index is 4.61. The summed E-state index contributed by atoms with van der Waals surface area (Å²) in [6, 6.07) is 0. The average Bonchev–Trinajstić information content (AvgIpc) is 2.14. The van der Waals surface area contributed by atoms with E-state index in [4.69, 9.17) is 0 Å². The Bertz CT molecular complexity index is 88.1. The minimum atomic E-state index is 0.913. The molecule has 1 aliphatic heterocycles. The van der Waals surface area contributed by atoms with Crippen LogP contribution in [0.3, 0.4) is 0 Å². The second-order valence-electron chi connectivity index (χ2n) is 1.49. The standard InChI is InChI=1S/C5H8NO/c1-2-5-3-4-7-6-5/h4H,2-3H2,1H3. The van der Waals surface area contributed by atoms with Crippen molar-refractivity contribution in [3.05, 3.63) is 6.61 Å². The lowest BCUT2D eigenvalue weighted by Gasteiger charge is -1.81. The Balaban J connectivity index is 2.36. The van der Waals surface area contributed by atoms with Gasteiger partial charge in [0.05, 0.1) is 5.71 Å². The van der Waals surface area contributed by atoms with Crippen molar-refractivity contribution in [2.75, 3.05) is 0 Å². The molecule has 39 valence electrons. The highest BCUT2D eigenvalue weighted by Crippen LogP contribution is 2.05. The molecule has 1 aliphatic rings. The zero-order chi connectivity index (χ0) is 5.11. The lowest BCUT2D eigenvalue weighted by molar-refractivity contribution is 0.234. The molecule has 1 rings (SSSR count). The first-order valence-corrected chi connectivity index (χ1v) is 2.46. The number of oxime groups is 1. The molecule has 1 heterocycles. The Hall–Kier alpha value is -0.530. The first-order valence-electron chi connectivity index (χ1n) is 2.46. The minimum absolute atomic E-state index is 0.913. The van der Waals surface area contributed by atoms with Gasteiger partial charge >= 0.3 is 0 Å². The summed E-state index contributed by atoms with van der Waals surface area (Å²) in [5.41, 5.74) is 1.14. The SMILES string of the molecule is CCC1=NO[CH]C1. The molecule has 0 aliphatic carbocycles. The van der Waals surface area contributed by atoms with Gasteiger partial charge in [-0.1, -0.05) is 12.1 Å². The maximum absolute atomic E-state index is 4.61. The molecule has 0 unspecified atom stereocenters. The number of hydrogen-bond donors (Lipinski definition) is 0. The third-order valence-corrected chi connectivity index (χ3v) is 0.983. The summed E-state index contributed by atoms with van der Waals surface area (Å²) >= 11 is 0. The van der Waals surface area contributed by atoms with Gasteiger partial charge < -0.3 is 4.84 Å². The third kappa shape index (κ3) is 0.918. The van der Waals surface area contributed by atoms with Crippen LogP contribution in [0.1, 0.15) is 19.8 Å². The molecule has 0 saturated heterocycles. The van der Waals surface area contributed by atoms with Crippen LogP contribution >= 0.6 is 0 Å². The highest BCUT2D eigenvalue weighted by molar-refractivity contribution is 5.85. The minimum Gasteiger partial charge on any atom is -0.388 e. The van der Waals surface area contributed by atoms with Gasteiger partial charge in [-0.3, -0.25) is 0 Å². The Morgan fingerprint density at radius 2 is 2.86 bits per heavy atom. The molecule has 0 spiro atoms. The van der Waals surface area contributed by atoms with E-state index in [0.717, 1.165) is 18.6 Å².